The van der Waals surface area contributed by atoms with E-state index < -0.39 is 6.10 Å². The van der Waals surface area contributed by atoms with E-state index in [4.69, 9.17) is 0 Å². The lowest BCUT2D eigenvalue weighted by atomic mass is 9.81. The summed E-state index contributed by atoms with van der Waals surface area (Å²) in [6.07, 6.45) is 0.284. The lowest BCUT2D eigenvalue weighted by Crippen LogP contribution is -2.46. The molecule has 0 aliphatic heterocycles. The van der Waals surface area contributed by atoms with Crippen molar-refractivity contribution in [2.24, 2.45) is 11.3 Å². The minimum Gasteiger partial charge on any atom is -0.392 e. The van der Waals surface area contributed by atoms with Crippen molar-refractivity contribution in [1.29, 1.82) is 0 Å². The van der Waals surface area contributed by atoms with Gasteiger partial charge in [-0.2, -0.15) is 0 Å². The average Bonchev–Trinajstić information content (AvgIpc) is 2.81. The number of nitrogens with one attached hydrogen (secondary N) is 2. The van der Waals surface area contributed by atoms with Gasteiger partial charge in [-0.1, -0.05) is 27.7 Å². The zero-order valence-corrected chi connectivity index (χ0v) is 14.4. The molecule has 21 heavy (non-hydrogen) atoms. The molecular formula is C15H27N3O2S. The molecule has 0 aliphatic carbocycles. The van der Waals surface area contributed by atoms with Gasteiger partial charge in [0.2, 0.25) is 0 Å². The number of amides is 2. The Morgan fingerprint density at radius 1 is 1.43 bits per heavy atom. The molecule has 0 aliphatic rings. The average molecular weight is 313 g/mol. The SMILES string of the molecule is Cc1nc(CCNC(=O)NCC(C)(C)C(O)C(C)C)cs1. The molecule has 0 fully saturated rings. The number of carbonyl (C=O) groups excluding carboxylic acids is 1. The number of hydrogen-bond donors (Lipinski definition) is 3. The maximum atomic E-state index is 11.8. The van der Waals surface area contributed by atoms with Gasteiger partial charge in [-0.15, -0.1) is 11.3 Å². The number of aromatic nitrogens is 1. The molecule has 1 rings (SSSR count). The summed E-state index contributed by atoms with van der Waals surface area (Å²) in [5.41, 5.74) is 0.658. The molecule has 1 aromatic rings. The molecule has 3 N–H and O–H groups in total. The van der Waals surface area contributed by atoms with Crippen LogP contribution in [0.5, 0.6) is 0 Å². The van der Waals surface area contributed by atoms with Crippen molar-refractivity contribution in [3.63, 3.8) is 0 Å². The summed E-state index contributed by atoms with van der Waals surface area (Å²) in [7, 11) is 0. The van der Waals surface area contributed by atoms with E-state index in [1.807, 2.05) is 40.0 Å². The molecule has 0 spiro atoms. The molecule has 0 bridgehead atoms. The minimum atomic E-state index is -0.448. The third-order valence-corrected chi connectivity index (χ3v) is 4.29. The lowest BCUT2D eigenvalue weighted by molar-refractivity contribution is 0.0151. The van der Waals surface area contributed by atoms with Gasteiger partial charge in [0.15, 0.2) is 0 Å². The number of carbonyl (C=O) groups is 1. The summed E-state index contributed by atoms with van der Waals surface area (Å²) in [4.78, 5) is 16.1. The minimum absolute atomic E-state index is 0.165. The molecule has 0 saturated heterocycles. The van der Waals surface area contributed by atoms with Crippen LogP contribution in [0, 0.1) is 18.3 Å². The molecule has 0 aromatic carbocycles. The van der Waals surface area contributed by atoms with E-state index in [0.29, 0.717) is 13.1 Å². The van der Waals surface area contributed by atoms with E-state index in [1.165, 1.54) is 0 Å². The van der Waals surface area contributed by atoms with E-state index in [2.05, 4.69) is 15.6 Å². The second-order valence-corrected chi connectivity index (χ2v) is 7.46. The normalized spacial score (nSPS) is 13.3. The van der Waals surface area contributed by atoms with Crippen LogP contribution in [0.1, 0.15) is 38.4 Å². The van der Waals surface area contributed by atoms with Gasteiger partial charge in [-0.05, 0) is 12.8 Å². The number of aryl methyl sites for hydroxylation is 1. The topological polar surface area (TPSA) is 74.2 Å². The van der Waals surface area contributed by atoms with E-state index in [1.54, 1.807) is 11.3 Å². The highest BCUT2D eigenvalue weighted by Gasteiger charge is 2.30. The first-order valence-electron chi connectivity index (χ1n) is 7.33. The summed E-state index contributed by atoms with van der Waals surface area (Å²) in [6.45, 7) is 10.8. The lowest BCUT2D eigenvalue weighted by Gasteiger charge is -2.33. The summed E-state index contributed by atoms with van der Waals surface area (Å²) in [5, 5.41) is 18.8. The van der Waals surface area contributed by atoms with E-state index in [0.717, 1.165) is 17.1 Å². The molecule has 120 valence electrons. The van der Waals surface area contributed by atoms with Gasteiger partial charge in [0.1, 0.15) is 0 Å². The predicted octanol–water partition coefficient (Wildman–Crippen LogP) is 2.34. The fourth-order valence-corrected chi connectivity index (χ4v) is 2.85. The van der Waals surface area contributed by atoms with Crippen molar-refractivity contribution in [1.82, 2.24) is 15.6 Å². The van der Waals surface area contributed by atoms with E-state index >= 15 is 0 Å². The van der Waals surface area contributed by atoms with Gasteiger partial charge >= 0.3 is 6.03 Å². The van der Waals surface area contributed by atoms with Crippen LogP contribution in [-0.2, 0) is 6.42 Å². The Morgan fingerprint density at radius 3 is 2.62 bits per heavy atom. The fourth-order valence-electron chi connectivity index (χ4n) is 2.20. The van der Waals surface area contributed by atoms with E-state index in [9.17, 15) is 9.90 Å². The Hall–Kier alpha value is -1.14. The molecule has 1 atom stereocenters. The molecule has 0 saturated carbocycles. The van der Waals surface area contributed by atoms with Gasteiger partial charge in [-0.3, -0.25) is 0 Å². The van der Waals surface area contributed by atoms with Crippen molar-refractivity contribution in [2.75, 3.05) is 13.1 Å². The molecule has 6 heteroatoms. The van der Waals surface area contributed by atoms with Crippen LogP contribution in [0.3, 0.4) is 0 Å². The molecule has 0 radical (unpaired) electrons. The Kier molecular flexibility index (Phi) is 6.61. The summed E-state index contributed by atoms with van der Waals surface area (Å²) in [6, 6.07) is -0.203. The van der Waals surface area contributed by atoms with Gasteiger partial charge in [0, 0.05) is 30.3 Å². The third-order valence-electron chi connectivity index (χ3n) is 3.47. The second-order valence-electron chi connectivity index (χ2n) is 6.39. The van der Waals surface area contributed by atoms with Crippen LogP contribution >= 0.6 is 11.3 Å². The second kappa shape index (κ2) is 7.75. The van der Waals surface area contributed by atoms with Gasteiger partial charge in [-0.25, -0.2) is 9.78 Å². The predicted molar refractivity (Wildman–Crippen MR) is 86.6 cm³/mol. The van der Waals surface area contributed by atoms with Crippen molar-refractivity contribution >= 4 is 17.4 Å². The fraction of sp³-hybridized carbons (Fsp3) is 0.733. The number of urea groups is 1. The molecule has 1 heterocycles. The highest BCUT2D eigenvalue weighted by molar-refractivity contribution is 7.09. The Balaban J connectivity index is 2.27. The largest absolute Gasteiger partial charge is 0.392 e. The van der Waals surface area contributed by atoms with E-state index in [-0.39, 0.29) is 17.4 Å². The van der Waals surface area contributed by atoms with Crippen LogP contribution in [0.15, 0.2) is 5.38 Å². The van der Waals surface area contributed by atoms with Crippen LogP contribution in [0.25, 0.3) is 0 Å². The van der Waals surface area contributed by atoms with Crippen molar-refractivity contribution in [3.8, 4) is 0 Å². The van der Waals surface area contributed by atoms with Crippen LogP contribution < -0.4 is 10.6 Å². The molecule has 1 unspecified atom stereocenters. The maximum Gasteiger partial charge on any atom is 0.314 e. The maximum absolute atomic E-state index is 11.8. The van der Waals surface area contributed by atoms with Gasteiger partial charge in [0.05, 0.1) is 16.8 Å². The number of hydrogen-bond acceptors (Lipinski definition) is 4. The zero-order valence-electron chi connectivity index (χ0n) is 13.6. The first kappa shape index (κ1) is 17.9. The highest BCUT2D eigenvalue weighted by Crippen LogP contribution is 2.24. The number of aliphatic hydroxyl groups is 1. The quantitative estimate of drug-likeness (QED) is 0.723. The Morgan fingerprint density at radius 2 is 2.10 bits per heavy atom. The van der Waals surface area contributed by atoms with Gasteiger partial charge in [0.25, 0.3) is 0 Å². The third kappa shape index (κ3) is 6.01. The zero-order chi connectivity index (χ0) is 16.0. The summed E-state index contributed by atoms with van der Waals surface area (Å²) in [5.74, 6) is 0.165. The number of rotatable bonds is 7. The Bertz CT molecular complexity index is 458. The van der Waals surface area contributed by atoms with Crippen LogP contribution in [-0.4, -0.2) is 35.3 Å². The van der Waals surface area contributed by atoms with Crippen LogP contribution in [0.2, 0.25) is 0 Å². The van der Waals surface area contributed by atoms with Crippen molar-refractivity contribution < 1.29 is 9.90 Å². The summed E-state index contributed by atoms with van der Waals surface area (Å²) >= 11 is 1.62. The monoisotopic (exact) mass is 313 g/mol. The number of nitrogens with zero attached hydrogens (tertiary/aromatic N) is 1. The smallest absolute Gasteiger partial charge is 0.314 e. The van der Waals surface area contributed by atoms with Crippen LogP contribution in [0.4, 0.5) is 4.79 Å². The first-order chi connectivity index (χ1) is 9.72. The highest BCUT2D eigenvalue weighted by atomic mass is 32.1. The molecule has 1 aromatic heterocycles. The van der Waals surface area contributed by atoms with Gasteiger partial charge < -0.3 is 15.7 Å². The van der Waals surface area contributed by atoms with Crippen molar-refractivity contribution in [2.45, 2.75) is 47.1 Å². The molecule has 2 amide bonds. The standard InChI is InChI=1S/C15H27N3O2S/c1-10(2)13(19)15(4,5)9-17-14(20)16-7-6-12-8-21-11(3)18-12/h8,10,13,19H,6-7,9H2,1-5H3,(H2,16,17,20). The number of thiazole rings is 1. The number of aliphatic hydroxyl groups excluding tert-OH is 1. The summed E-state index contributed by atoms with van der Waals surface area (Å²) < 4.78 is 0. The first-order valence-corrected chi connectivity index (χ1v) is 8.21. The molecule has 5 nitrogen and oxygen atoms in total. The van der Waals surface area contributed by atoms with Crippen molar-refractivity contribution in [3.05, 3.63) is 16.1 Å². The molecular weight excluding hydrogens is 286 g/mol. The Labute approximate surface area is 131 Å².